The molecule has 3 heterocycles. The molecule has 232 valence electrons. The van der Waals surface area contributed by atoms with Crippen molar-refractivity contribution in [2.45, 2.75) is 76.6 Å². The Bertz CT molecular complexity index is 1460. The average molecular weight is 611 g/mol. The van der Waals surface area contributed by atoms with Gasteiger partial charge < -0.3 is 14.5 Å². The summed E-state index contributed by atoms with van der Waals surface area (Å²) in [4.78, 5) is 25.4. The van der Waals surface area contributed by atoms with E-state index in [1.54, 1.807) is 54.7 Å². The van der Waals surface area contributed by atoms with Gasteiger partial charge >= 0.3 is 18.4 Å². The quantitative estimate of drug-likeness (QED) is 0.299. The van der Waals surface area contributed by atoms with Crippen LogP contribution in [0.5, 0.6) is 0 Å². The summed E-state index contributed by atoms with van der Waals surface area (Å²) >= 11 is 0. The molecule has 5 rings (SSSR count). The highest BCUT2D eigenvalue weighted by Gasteiger charge is 2.63. The number of carbonyl (C=O) groups is 1. The van der Waals surface area contributed by atoms with Crippen molar-refractivity contribution in [2.24, 2.45) is 13.0 Å². The Kier molecular flexibility index (Phi) is 7.41. The van der Waals surface area contributed by atoms with E-state index in [1.165, 1.54) is 12.4 Å². The van der Waals surface area contributed by atoms with Gasteiger partial charge in [-0.05, 0) is 63.3 Å². The number of rotatable bonds is 5. The lowest BCUT2D eigenvalue weighted by Crippen LogP contribution is -2.43. The largest absolute Gasteiger partial charge is 0.444 e. The fourth-order valence-electron chi connectivity index (χ4n) is 5.75. The van der Waals surface area contributed by atoms with Gasteiger partial charge in [0, 0.05) is 49.9 Å². The molecule has 1 saturated carbocycles. The fraction of sp³-hybridized carbons (Fsp3) is 0.517. The lowest BCUT2D eigenvalue weighted by molar-refractivity contribution is -0.143. The maximum absolute atomic E-state index is 13.7. The molecule has 2 fully saturated rings. The second-order valence-electron chi connectivity index (χ2n) is 12.4. The third-order valence-electron chi connectivity index (χ3n) is 7.93. The van der Waals surface area contributed by atoms with Crippen LogP contribution in [0, 0.1) is 5.92 Å². The van der Waals surface area contributed by atoms with E-state index in [0.717, 1.165) is 5.56 Å². The van der Waals surface area contributed by atoms with Crippen LogP contribution in [0.2, 0.25) is 0 Å². The number of benzene rings is 1. The number of anilines is 1. The summed E-state index contributed by atoms with van der Waals surface area (Å²) in [7, 11) is 1.75. The predicted octanol–water partition coefficient (Wildman–Crippen LogP) is 6.71. The summed E-state index contributed by atoms with van der Waals surface area (Å²) in [5, 5.41) is 4.12. The summed E-state index contributed by atoms with van der Waals surface area (Å²) in [5.41, 5.74) is -2.95. The van der Waals surface area contributed by atoms with Crippen LogP contribution in [0.15, 0.2) is 43.0 Å². The molecule has 43 heavy (non-hydrogen) atoms. The van der Waals surface area contributed by atoms with Crippen LogP contribution in [-0.4, -0.2) is 54.5 Å². The highest BCUT2D eigenvalue weighted by molar-refractivity contribution is 5.71. The van der Waals surface area contributed by atoms with E-state index < -0.39 is 46.8 Å². The van der Waals surface area contributed by atoms with Gasteiger partial charge in [0.05, 0.1) is 28.9 Å². The van der Waals surface area contributed by atoms with E-state index in [0.29, 0.717) is 30.5 Å². The molecule has 1 amide bonds. The third-order valence-corrected chi connectivity index (χ3v) is 7.93. The molecule has 2 aliphatic rings. The van der Waals surface area contributed by atoms with Gasteiger partial charge in [-0.15, -0.1) is 0 Å². The Hall–Kier alpha value is -3.84. The number of alkyl halides is 6. The minimum Gasteiger partial charge on any atom is -0.444 e. The minimum atomic E-state index is -4.99. The Labute approximate surface area is 244 Å². The average Bonchev–Trinajstić information content (AvgIpc) is 3.19. The highest BCUT2D eigenvalue weighted by atomic mass is 19.4. The molecule has 1 spiro atoms. The molecule has 3 unspecified atom stereocenters. The molecule has 3 aromatic rings. The van der Waals surface area contributed by atoms with Crippen molar-refractivity contribution in [3.05, 3.63) is 59.7 Å². The first kappa shape index (κ1) is 30.6. The van der Waals surface area contributed by atoms with Crippen molar-refractivity contribution in [3.63, 3.8) is 0 Å². The summed E-state index contributed by atoms with van der Waals surface area (Å²) in [5.74, 6) is 0.240. The number of ether oxygens (including phenoxy) is 1. The second-order valence-corrected chi connectivity index (χ2v) is 12.4. The minimum absolute atomic E-state index is 0.105. The number of carbonyl (C=O) groups excluding carboxylic acids is 1. The number of aryl methyl sites for hydroxylation is 1. The normalized spacial score (nSPS) is 22.3. The molecule has 0 bridgehead atoms. The Balaban J connectivity index is 1.54. The molecule has 14 heteroatoms. The Morgan fingerprint density at radius 1 is 0.977 bits per heavy atom. The smallest absolute Gasteiger partial charge is 0.416 e. The van der Waals surface area contributed by atoms with Gasteiger partial charge in [-0.1, -0.05) is 6.92 Å². The fourth-order valence-corrected chi connectivity index (χ4v) is 5.75. The first-order chi connectivity index (χ1) is 19.9. The number of halogens is 6. The topological polar surface area (TPSA) is 76.4 Å². The van der Waals surface area contributed by atoms with Crippen molar-refractivity contribution < 1.29 is 35.9 Å². The van der Waals surface area contributed by atoms with E-state index in [4.69, 9.17) is 4.74 Å². The van der Waals surface area contributed by atoms with E-state index in [2.05, 4.69) is 15.1 Å². The molecule has 8 nitrogen and oxygen atoms in total. The van der Waals surface area contributed by atoms with Crippen LogP contribution in [0.25, 0.3) is 11.1 Å². The van der Waals surface area contributed by atoms with Crippen molar-refractivity contribution in [1.82, 2.24) is 24.6 Å². The van der Waals surface area contributed by atoms with Gasteiger partial charge in [-0.2, -0.15) is 31.4 Å². The first-order valence-corrected chi connectivity index (χ1v) is 13.7. The zero-order valence-electron chi connectivity index (χ0n) is 24.3. The van der Waals surface area contributed by atoms with Crippen molar-refractivity contribution in [3.8, 4) is 11.1 Å². The number of hydrogen-bond acceptors (Lipinski definition) is 6. The molecule has 2 aromatic heterocycles. The van der Waals surface area contributed by atoms with Gasteiger partial charge in [-0.25, -0.2) is 14.8 Å². The highest BCUT2D eigenvalue weighted by Crippen LogP contribution is 2.56. The van der Waals surface area contributed by atoms with Gasteiger partial charge in [-0.3, -0.25) is 4.68 Å². The Morgan fingerprint density at radius 3 is 2.02 bits per heavy atom. The van der Waals surface area contributed by atoms with Crippen molar-refractivity contribution in [2.75, 3.05) is 11.4 Å². The summed E-state index contributed by atoms with van der Waals surface area (Å²) < 4.78 is 89.2. The zero-order valence-corrected chi connectivity index (χ0v) is 24.3. The summed E-state index contributed by atoms with van der Waals surface area (Å²) in [6.07, 6.45) is -2.97. The number of nitrogens with zero attached hydrogens (tertiary/aromatic N) is 6. The molecule has 3 atom stereocenters. The van der Waals surface area contributed by atoms with Crippen LogP contribution >= 0.6 is 0 Å². The monoisotopic (exact) mass is 610 g/mol. The number of hydrogen-bond donors (Lipinski definition) is 0. The maximum atomic E-state index is 13.7. The summed E-state index contributed by atoms with van der Waals surface area (Å²) in [6, 6.07) is 1.02. The van der Waals surface area contributed by atoms with E-state index in [1.807, 2.05) is 6.92 Å². The molecule has 0 radical (unpaired) electrons. The molecule has 1 aliphatic carbocycles. The van der Waals surface area contributed by atoms with Crippen LogP contribution < -0.4 is 4.90 Å². The predicted molar refractivity (Wildman–Crippen MR) is 145 cm³/mol. The standard InChI is InChI=1S/C29H32F6N6O2/c1-17-9-27(17)10-23(16-41(27)25(42)43-26(2,3)4)40(24-36-11-19(12-37-24)20-13-38-39(5)15-20)14-18-6-21(28(30,31)32)8-22(7-18)29(33,34)35/h6-8,11-13,15,17,23H,9-10,14,16H2,1-5H3. The SMILES string of the molecule is CC1CC12CC(N(Cc1cc(C(F)(F)F)cc(C(F)(F)F)c1)c1ncc(-c3cnn(C)c3)cn1)CN2C(=O)OC(C)(C)C. The van der Waals surface area contributed by atoms with E-state index in [-0.39, 0.29) is 36.6 Å². The Morgan fingerprint density at radius 2 is 1.56 bits per heavy atom. The molecule has 1 aromatic carbocycles. The van der Waals surface area contributed by atoms with Gasteiger partial charge in [0.25, 0.3) is 0 Å². The van der Waals surface area contributed by atoms with Gasteiger partial charge in [0.15, 0.2) is 0 Å². The van der Waals surface area contributed by atoms with Crippen molar-refractivity contribution >= 4 is 12.0 Å². The maximum Gasteiger partial charge on any atom is 0.416 e. The van der Waals surface area contributed by atoms with Gasteiger partial charge in [0.2, 0.25) is 5.95 Å². The van der Waals surface area contributed by atoms with Crippen LogP contribution in [0.4, 0.5) is 37.1 Å². The molecular weight excluding hydrogens is 578 g/mol. The van der Waals surface area contributed by atoms with Gasteiger partial charge in [0.1, 0.15) is 5.60 Å². The van der Waals surface area contributed by atoms with Crippen LogP contribution in [0.3, 0.4) is 0 Å². The zero-order chi connectivity index (χ0) is 31.5. The van der Waals surface area contributed by atoms with E-state index >= 15 is 0 Å². The van der Waals surface area contributed by atoms with E-state index in [9.17, 15) is 31.1 Å². The lowest BCUT2D eigenvalue weighted by atomic mass is 10.0. The molecule has 1 saturated heterocycles. The lowest BCUT2D eigenvalue weighted by Gasteiger charge is -2.30. The molecular formula is C29H32F6N6O2. The third kappa shape index (κ3) is 6.42. The van der Waals surface area contributed by atoms with Crippen LogP contribution in [-0.2, 0) is 30.7 Å². The number of amides is 1. The second kappa shape index (κ2) is 10.4. The number of aromatic nitrogens is 4. The molecule has 1 aliphatic heterocycles. The summed E-state index contributed by atoms with van der Waals surface area (Å²) in [6.45, 7) is 7.02. The van der Waals surface area contributed by atoms with Crippen LogP contribution in [0.1, 0.15) is 57.2 Å². The number of likely N-dealkylation sites (tertiary alicyclic amines) is 1. The molecule has 0 N–H and O–H groups in total. The first-order valence-electron chi connectivity index (χ1n) is 13.7. The van der Waals surface area contributed by atoms with Crippen molar-refractivity contribution in [1.29, 1.82) is 0 Å².